The van der Waals surface area contributed by atoms with Gasteiger partial charge in [0, 0.05) is 12.8 Å². The van der Waals surface area contributed by atoms with Crippen LogP contribution in [0.1, 0.15) is 57.8 Å². The molecule has 0 heterocycles. The van der Waals surface area contributed by atoms with E-state index in [0.717, 1.165) is 37.5 Å². The van der Waals surface area contributed by atoms with Gasteiger partial charge in [0.2, 0.25) is 0 Å². The zero-order chi connectivity index (χ0) is 12.8. The third kappa shape index (κ3) is 3.93. The molecule has 0 aliphatic heterocycles. The van der Waals surface area contributed by atoms with E-state index in [1.165, 1.54) is 25.7 Å². The van der Waals surface area contributed by atoms with Crippen molar-refractivity contribution < 1.29 is 9.18 Å². The van der Waals surface area contributed by atoms with Gasteiger partial charge >= 0.3 is 0 Å². The number of ketones is 1. The summed E-state index contributed by atoms with van der Waals surface area (Å²) in [7, 11) is 0. The maximum Gasteiger partial charge on any atom is 0.132 e. The lowest BCUT2D eigenvalue weighted by molar-refractivity contribution is -0.121. The summed E-state index contributed by atoms with van der Waals surface area (Å²) in [5.74, 6) is 2.80. The van der Waals surface area contributed by atoms with E-state index in [1.54, 1.807) is 0 Å². The molecule has 0 aromatic heterocycles. The van der Waals surface area contributed by atoms with Crippen molar-refractivity contribution in [3.05, 3.63) is 12.2 Å². The van der Waals surface area contributed by atoms with Gasteiger partial charge in [-0.2, -0.15) is 0 Å². The Hall–Kier alpha value is -0.660. The number of halogens is 1. The Morgan fingerprint density at radius 1 is 1.00 bits per heavy atom. The highest BCUT2D eigenvalue weighted by molar-refractivity contribution is 5.79. The summed E-state index contributed by atoms with van der Waals surface area (Å²) in [4.78, 5) is 11.3. The van der Waals surface area contributed by atoms with E-state index in [9.17, 15) is 9.18 Å². The van der Waals surface area contributed by atoms with Crippen molar-refractivity contribution in [2.75, 3.05) is 6.67 Å². The topological polar surface area (TPSA) is 17.1 Å². The second kappa shape index (κ2) is 7.06. The van der Waals surface area contributed by atoms with Crippen LogP contribution < -0.4 is 0 Å². The van der Waals surface area contributed by atoms with Crippen LogP contribution in [0.5, 0.6) is 0 Å². The van der Waals surface area contributed by atoms with Crippen molar-refractivity contribution in [3.63, 3.8) is 0 Å². The highest BCUT2D eigenvalue weighted by Crippen LogP contribution is 2.39. The van der Waals surface area contributed by atoms with Gasteiger partial charge in [-0.3, -0.25) is 9.18 Å². The maximum absolute atomic E-state index is 12.0. The molecule has 0 bridgehead atoms. The zero-order valence-corrected chi connectivity index (χ0v) is 11.2. The molecule has 0 radical (unpaired) electrons. The summed E-state index contributed by atoms with van der Waals surface area (Å²) in [6.45, 7) is -0.234. The third-order valence-electron chi connectivity index (χ3n) is 4.76. The second-order valence-corrected chi connectivity index (χ2v) is 5.96. The highest BCUT2D eigenvalue weighted by atomic mass is 19.1. The summed E-state index contributed by atoms with van der Waals surface area (Å²) in [5.41, 5.74) is 0. The van der Waals surface area contributed by atoms with E-state index in [0.29, 0.717) is 18.1 Å². The Labute approximate surface area is 110 Å². The van der Waals surface area contributed by atoms with Crippen LogP contribution in [0.25, 0.3) is 0 Å². The fraction of sp³-hybridized carbons (Fsp3) is 0.812. The van der Waals surface area contributed by atoms with Crippen molar-refractivity contribution in [2.45, 2.75) is 57.8 Å². The summed E-state index contributed by atoms with van der Waals surface area (Å²) >= 11 is 0. The van der Waals surface area contributed by atoms with E-state index >= 15 is 0 Å². The third-order valence-corrected chi connectivity index (χ3v) is 4.76. The molecule has 2 fully saturated rings. The van der Waals surface area contributed by atoms with Crippen LogP contribution in [0.4, 0.5) is 4.39 Å². The van der Waals surface area contributed by atoms with Gasteiger partial charge in [0.25, 0.3) is 0 Å². The fourth-order valence-electron chi connectivity index (χ4n) is 3.59. The van der Waals surface area contributed by atoms with Crippen LogP contribution in [-0.4, -0.2) is 12.5 Å². The summed E-state index contributed by atoms with van der Waals surface area (Å²) < 4.78 is 12.0. The lowest BCUT2D eigenvalue weighted by Crippen LogP contribution is -2.25. The van der Waals surface area contributed by atoms with Gasteiger partial charge in [-0.1, -0.05) is 12.2 Å². The first-order valence-corrected chi connectivity index (χ1v) is 7.54. The molecule has 2 aliphatic rings. The number of carbonyl (C=O) groups excluding carboxylic acids is 1. The molecule has 2 saturated carbocycles. The number of hydrogen-bond donors (Lipinski definition) is 0. The second-order valence-electron chi connectivity index (χ2n) is 5.96. The van der Waals surface area contributed by atoms with E-state index in [1.807, 2.05) is 6.08 Å². The lowest BCUT2D eigenvalue weighted by Gasteiger charge is -2.34. The minimum absolute atomic E-state index is 0.234. The number of hydrogen-bond acceptors (Lipinski definition) is 1. The van der Waals surface area contributed by atoms with Gasteiger partial charge in [0.1, 0.15) is 5.78 Å². The van der Waals surface area contributed by atoms with Crippen LogP contribution in [0.3, 0.4) is 0 Å². The first-order valence-electron chi connectivity index (χ1n) is 7.54. The van der Waals surface area contributed by atoms with Crippen LogP contribution in [0.2, 0.25) is 0 Å². The van der Waals surface area contributed by atoms with Gasteiger partial charge in [0.15, 0.2) is 0 Å². The molecule has 2 aliphatic carbocycles. The number of alkyl halides is 1. The van der Waals surface area contributed by atoms with Crippen LogP contribution >= 0.6 is 0 Å². The molecule has 2 rings (SSSR count). The predicted molar refractivity (Wildman–Crippen MR) is 72.1 cm³/mol. The molecule has 0 aromatic rings. The summed E-state index contributed by atoms with van der Waals surface area (Å²) in [6.07, 6.45) is 13.8. The Bertz CT molecular complexity index is 279. The predicted octanol–water partition coefficient (Wildman–Crippen LogP) is 4.47. The number of rotatable bonds is 4. The highest BCUT2D eigenvalue weighted by Gasteiger charge is 2.29. The Morgan fingerprint density at radius 2 is 1.61 bits per heavy atom. The van der Waals surface area contributed by atoms with Crippen molar-refractivity contribution >= 4 is 5.78 Å². The smallest absolute Gasteiger partial charge is 0.132 e. The maximum atomic E-state index is 12.0. The number of allylic oxidation sites excluding steroid dienone is 2. The molecule has 0 aromatic carbocycles. The Morgan fingerprint density at radius 3 is 2.22 bits per heavy atom. The normalized spacial score (nSPS) is 31.1. The van der Waals surface area contributed by atoms with Crippen LogP contribution in [0, 0.1) is 17.8 Å². The molecular formula is C16H25FO. The standard InChI is InChI=1S/C16H25FO/c17-12-2-1-3-13-4-6-14(7-5-13)15-8-10-16(18)11-9-15/h1,3,13-15H,2,4-12H2. The molecule has 0 N–H and O–H groups in total. The summed E-state index contributed by atoms with van der Waals surface area (Å²) in [6, 6.07) is 0. The molecule has 2 heteroatoms. The Balaban J connectivity index is 1.71. The van der Waals surface area contributed by atoms with Gasteiger partial charge < -0.3 is 0 Å². The molecule has 0 amide bonds. The molecule has 1 nitrogen and oxygen atoms in total. The lowest BCUT2D eigenvalue weighted by atomic mass is 9.71. The van der Waals surface area contributed by atoms with Gasteiger partial charge in [-0.15, -0.1) is 0 Å². The molecule has 0 saturated heterocycles. The van der Waals surface area contributed by atoms with Gasteiger partial charge in [-0.25, -0.2) is 0 Å². The first-order chi connectivity index (χ1) is 8.79. The average molecular weight is 252 g/mol. The zero-order valence-electron chi connectivity index (χ0n) is 11.2. The molecular weight excluding hydrogens is 227 g/mol. The number of Topliss-reactive ketones (excluding diaryl/α,β-unsaturated/α-hetero) is 1. The average Bonchev–Trinajstić information content (AvgIpc) is 2.41. The minimum atomic E-state index is -0.234. The van der Waals surface area contributed by atoms with E-state index in [2.05, 4.69) is 6.08 Å². The number of carbonyl (C=O) groups is 1. The monoisotopic (exact) mass is 252 g/mol. The van der Waals surface area contributed by atoms with E-state index < -0.39 is 0 Å². The molecule has 0 atom stereocenters. The fourth-order valence-corrected chi connectivity index (χ4v) is 3.59. The SMILES string of the molecule is O=C1CCC(C2CCC(C=CCCF)CC2)CC1. The largest absolute Gasteiger partial charge is 0.300 e. The van der Waals surface area contributed by atoms with Crippen molar-refractivity contribution in [1.29, 1.82) is 0 Å². The first kappa shape index (κ1) is 13.8. The minimum Gasteiger partial charge on any atom is -0.300 e. The quantitative estimate of drug-likeness (QED) is 0.675. The van der Waals surface area contributed by atoms with Gasteiger partial charge in [0.05, 0.1) is 6.67 Å². The molecule has 0 spiro atoms. The van der Waals surface area contributed by atoms with Gasteiger partial charge in [-0.05, 0) is 62.7 Å². The van der Waals surface area contributed by atoms with Crippen molar-refractivity contribution in [1.82, 2.24) is 0 Å². The van der Waals surface area contributed by atoms with Crippen LogP contribution in [-0.2, 0) is 4.79 Å². The molecule has 102 valence electrons. The van der Waals surface area contributed by atoms with Crippen molar-refractivity contribution in [2.24, 2.45) is 17.8 Å². The van der Waals surface area contributed by atoms with E-state index in [4.69, 9.17) is 0 Å². The summed E-state index contributed by atoms with van der Waals surface area (Å²) in [5, 5.41) is 0. The Kier molecular flexibility index (Phi) is 5.40. The van der Waals surface area contributed by atoms with E-state index in [-0.39, 0.29) is 6.67 Å². The van der Waals surface area contributed by atoms with Crippen molar-refractivity contribution in [3.8, 4) is 0 Å². The molecule has 18 heavy (non-hydrogen) atoms. The van der Waals surface area contributed by atoms with Crippen LogP contribution in [0.15, 0.2) is 12.2 Å². The molecule has 0 unspecified atom stereocenters.